The van der Waals surface area contributed by atoms with Gasteiger partial charge >= 0.3 is 12.0 Å². The quantitative estimate of drug-likeness (QED) is 0.719. The summed E-state index contributed by atoms with van der Waals surface area (Å²) in [5.74, 6) is -1.57. The standard InChI is InChI=1S/C14H6ClFN4O3S/c15-6-3-5(1-2-7(6)16)20-11-8-9(19-14(20)23)10(13(21)22)24-12(8)18-4-17-11/h1-4H,(H,19,23)(H,21,22). The van der Waals surface area contributed by atoms with Crippen LogP contribution in [0.25, 0.3) is 10.2 Å². The van der Waals surface area contributed by atoms with Crippen molar-refractivity contribution in [1.29, 1.82) is 0 Å². The number of nitrogens with zero attached hydrogens (tertiary/aromatic N) is 3. The summed E-state index contributed by atoms with van der Waals surface area (Å²) in [7, 11) is 0. The average Bonchev–Trinajstić information content (AvgIpc) is 2.91. The third kappa shape index (κ3) is 2.02. The number of halogens is 2. The van der Waals surface area contributed by atoms with Crippen LogP contribution in [0.1, 0.15) is 9.67 Å². The van der Waals surface area contributed by atoms with E-state index in [0.29, 0.717) is 15.9 Å². The first kappa shape index (κ1) is 14.8. The molecule has 0 spiro atoms. The van der Waals surface area contributed by atoms with E-state index >= 15 is 0 Å². The highest BCUT2D eigenvalue weighted by Crippen LogP contribution is 2.44. The summed E-state index contributed by atoms with van der Waals surface area (Å²) in [6, 6.07) is 3.19. The summed E-state index contributed by atoms with van der Waals surface area (Å²) in [5, 5.41) is 12.1. The van der Waals surface area contributed by atoms with Gasteiger partial charge in [0.25, 0.3) is 0 Å². The predicted octanol–water partition coefficient (Wildman–Crippen LogP) is 3.87. The van der Waals surface area contributed by atoms with E-state index < -0.39 is 17.8 Å². The Labute approximate surface area is 142 Å². The van der Waals surface area contributed by atoms with Crippen LogP contribution < -0.4 is 10.2 Å². The lowest BCUT2D eigenvalue weighted by Crippen LogP contribution is -2.34. The molecule has 4 rings (SSSR count). The maximum absolute atomic E-state index is 13.4. The van der Waals surface area contributed by atoms with E-state index in [4.69, 9.17) is 11.6 Å². The molecule has 1 aromatic carbocycles. The van der Waals surface area contributed by atoms with Gasteiger partial charge in [-0.15, -0.1) is 11.3 Å². The monoisotopic (exact) mass is 364 g/mol. The van der Waals surface area contributed by atoms with Gasteiger partial charge in [-0.05, 0) is 18.2 Å². The maximum atomic E-state index is 13.4. The van der Waals surface area contributed by atoms with Crippen molar-refractivity contribution in [3.63, 3.8) is 0 Å². The van der Waals surface area contributed by atoms with E-state index in [1.165, 1.54) is 23.4 Å². The molecule has 0 unspecified atom stereocenters. The number of hydrogen-bond donors (Lipinski definition) is 2. The lowest BCUT2D eigenvalue weighted by Gasteiger charge is -2.27. The van der Waals surface area contributed by atoms with Gasteiger partial charge < -0.3 is 10.4 Å². The molecule has 0 fully saturated rings. The number of carbonyl (C=O) groups is 2. The van der Waals surface area contributed by atoms with Gasteiger partial charge in [-0.1, -0.05) is 11.6 Å². The zero-order chi connectivity index (χ0) is 17.0. The Bertz CT molecular complexity index is 1040. The Balaban J connectivity index is 1.99. The summed E-state index contributed by atoms with van der Waals surface area (Å²) in [5.41, 5.74) is 0.459. The second kappa shape index (κ2) is 5.11. The Kier molecular flexibility index (Phi) is 3.15. The van der Waals surface area contributed by atoms with Crippen LogP contribution in [0.4, 0.5) is 26.4 Å². The number of carbonyl (C=O) groups excluding carboxylic acids is 1. The number of rotatable bonds is 2. The molecule has 3 aromatic rings. The second-order valence-electron chi connectivity index (χ2n) is 4.85. The maximum Gasteiger partial charge on any atom is 0.348 e. The van der Waals surface area contributed by atoms with Gasteiger partial charge in [0, 0.05) is 0 Å². The third-order valence-corrected chi connectivity index (χ3v) is 4.85. The van der Waals surface area contributed by atoms with Crippen molar-refractivity contribution < 1.29 is 19.1 Å². The fourth-order valence-corrected chi connectivity index (χ4v) is 3.59. The highest BCUT2D eigenvalue weighted by atomic mass is 35.5. The van der Waals surface area contributed by atoms with Crippen LogP contribution in [-0.2, 0) is 0 Å². The number of carboxylic acids is 1. The molecule has 120 valence electrons. The predicted molar refractivity (Wildman–Crippen MR) is 86.9 cm³/mol. The Morgan fingerprint density at radius 1 is 1.38 bits per heavy atom. The Hall–Kier alpha value is -2.78. The van der Waals surface area contributed by atoms with Crippen LogP contribution in [0.3, 0.4) is 0 Å². The topological polar surface area (TPSA) is 95.4 Å². The molecule has 0 saturated carbocycles. The van der Waals surface area contributed by atoms with Crippen LogP contribution in [0.2, 0.25) is 5.02 Å². The van der Waals surface area contributed by atoms with Crippen LogP contribution in [0.5, 0.6) is 0 Å². The Morgan fingerprint density at radius 3 is 2.88 bits per heavy atom. The van der Waals surface area contributed by atoms with Crippen molar-refractivity contribution in [3.8, 4) is 0 Å². The summed E-state index contributed by atoms with van der Waals surface area (Å²) in [6.45, 7) is 0. The fourth-order valence-electron chi connectivity index (χ4n) is 2.48. The number of benzene rings is 1. The van der Waals surface area contributed by atoms with E-state index in [1.54, 1.807) is 0 Å². The molecule has 2 N–H and O–H groups in total. The van der Waals surface area contributed by atoms with Crippen molar-refractivity contribution in [2.24, 2.45) is 0 Å². The number of hydrogen-bond acceptors (Lipinski definition) is 5. The minimum atomic E-state index is -1.17. The number of thiophene rings is 1. The summed E-state index contributed by atoms with van der Waals surface area (Å²) >= 11 is 6.73. The molecule has 7 nitrogen and oxygen atoms in total. The summed E-state index contributed by atoms with van der Waals surface area (Å²) < 4.78 is 13.4. The summed E-state index contributed by atoms with van der Waals surface area (Å²) in [6.07, 6.45) is 1.24. The molecule has 24 heavy (non-hydrogen) atoms. The van der Waals surface area contributed by atoms with Crippen molar-refractivity contribution in [2.45, 2.75) is 0 Å². The van der Waals surface area contributed by atoms with E-state index in [1.807, 2.05) is 0 Å². The van der Waals surface area contributed by atoms with Crippen LogP contribution >= 0.6 is 22.9 Å². The molecule has 0 aliphatic carbocycles. The molecular weight excluding hydrogens is 359 g/mol. The molecule has 2 amide bonds. The molecule has 0 saturated heterocycles. The molecule has 10 heteroatoms. The van der Waals surface area contributed by atoms with E-state index in [2.05, 4.69) is 15.3 Å². The number of aromatic carboxylic acids is 1. The van der Waals surface area contributed by atoms with Crippen molar-refractivity contribution in [3.05, 3.63) is 40.2 Å². The minimum Gasteiger partial charge on any atom is -0.477 e. The summed E-state index contributed by atoms with van der Waals surface area (Å²) in [4.78, 5) is 33.6. The molecule has 1 aliphatic rings. The highest BCUT2D eigenvalue weighted by Gasteiger charge is 2.33. The molecule has 2 aromatic heterocycles. The van der Waals surface area contributed by atoms with Crippen molar-refractivity contribution in [2.75, 3.05) is 10.2 Å². The van der Waals surface area contributed by atoms with Crippen LogP contribution in [-0.4, -0.2) is 27.1 Å². The fraction of sp³-hybridized carbons (Fsp3) is 0. The number of carboxylic acid groups (broad SMARTS) is 1. The highest BCUT2D eigenvalue weighted by molar-refractivity contribution is 7.21. The number of amides is 2. The molecule has 0 atom stereocenters. The first-order valence-electron chi connectivity index (χ1n) is 6.54. The average molecular weight is 365 g/mol. The number of urea groups is 1. The molecule has 0 radical (unpaired) electrons. The SMILES string of the molecule is O=C(O)c1sc2ncnc3c2c1NC(=O)N3c1ccc(F)c(Cl)c1. The third-order valence-electron chi connectivity index (χ3n) is 3.47. The van der Waals surface area contributed by atoms with Crippen molar-refractivity contribution >= 4 is 62.3 Å². The number of nitrogens with one attached hydrogen (secondary N) is 1. The smallest absolute Gasteiger partial charge is 0.348 e. The zero-order valence-corrected chi connectivity index (χ0v) is 13.2. The van der Waals surface area contributed by atoms with E-state index in [-0.39, 0.29) is 21.4 Å². The molecule has 1 aliphatic heterocycles. The minimum absolute atomic E-state index is 0.0307. The molecule has 3 heterocycles. The second-order valence-corrected chi connectivity index (χ2v) is 6.26. The molecular formula is C14H6ClFN4O3S. The zero-order valence-electron chi connectivity index (χ0n) is 11.6. The van der Waals surface area contributed by atoms with E-state index in [0.717, 1.165) is 17.4 Å². The van der Waals surface area contributed by atoms with Gasteiger partial charge in [0.15, 0.2) is 5.82 Å². The largest absolute Gasteiger partial charge is 0.477 e. The van der Waals surface area contributed by atoms with Crippen molar-refractivity contribution in [1.82, 2.24) is 9.97 Å². The van der Waals surface area contributed by atoms with E-state index in [9.17, 15) is 19.1 Å². The lowest BCUT2D eigenvalue weighted by molar-refractivity contribution is 0.0703. The first-order chi connectivity index (χ1) is 11.5. The number of anilines is 3. The van der Waals surface area contributed by atoms with Gasteiger partial charge in [-0.2, -0.15) is 0 Å². The first-order valence-corrected chi connectivity index (χ1v) is 7.73. The Morgan fingerprint density at radius 2 is 2.17 bits per heavy atom. The van der Waals surface area contributed by atoms with Gasteiger partial charge in [-0.25, -0.2) is 28.8 Å². The lowest BCUT2D eigenvalue weighted by atomic mass is 10.2. The normalized spacial score (nSPS) is 13.2. The van der Waals surface area contributed by atoms with Gasteiger partial charge in [-0.3, -0.25) is 0 Å². The van der Waals surface area contributed by atoms with Gasteiger partial charge in [0.2, 0.25) is 0 Å². The molecule has 0 bridgehead atoms. The number of aromatic nitrogens is 2. The van der Waals surface area contributed by atoms with Gasteiger partial charge in [0.1, 0.15) is 21.9 Å². The van der Waals surface area contributed by atoms with Crippen LogP contribution in [0, 0.1) is 5.82 Å². The van der Waals surface area contributed by atoms with Crippen LogP contribution in [0.15, 0.2) is 24.5 Å². The van der Waals surface area contributed by atoms with Gasteiger partial charge in [0.05, 0.1) is 21.8 Å².